The molecule has 110 valence electrons. The molecular weight excluding hydrogens is 268 g/mol. The third-order valence-corrected chi connectivity index (χ3v) is 2.99. The second-order valence-corrected chi connectivity index (χ2v) is 4.98. The fraction of sp³-hybridized carbons (Fsp3) is 0.250. The molecular formula is C16H18N2O3. The summed E-state index contributed by atoms with van der Waals surface area (Å²) in [6.07, 6.45) is 0. The van der Waals surface area contributed by atoms with E-state index >= 15 is 0 Å². The van der Waals surface area contributed by atoms with Gasteiger partial charge in [-0.25, -0.2) is 0 Å². The molecule has 2 aromatic carbocycles. The highest BCUT2D eigenvalue weighted by atomic mass is 16.6. The molecule has 1 N–H and O–H groups in total. The van der Waals surface area contributed by atoms with E-state index in [-0.39, 0.29) is 11.7 Å². The average Bonchev–Trinajstić information content (AvgIpc) is 2.47. The quantitative estimate of drug-likeness (QED) is 0.648. The summed E-state index contributed by atoms with van der Waals surface area (Å²) in [5.74, 6) is 0.813. The lowest BCUT2D eigenvalue weighted by molar-refractivity contribution is -0.384. The maximum Gasteiger partial charge on any atom is 0.271 e. The van der Waals surface area contributed by atoms with Gasteiger partial charge in [-0.05, 0) is 32.0 Å². The van der Waals surface area contributed by atoms with Crippen LogP contribution in [0.1, 0.15) is 12.5 Å². The fourth-order valence-electron chi connectivity index (χ4n) is 1.89. The summed E-state index contributed by atoms with van der Waals surface area (Å²) < 4.78 is 5.68. The largest absolute Gasteiger partial charge is 0.491 e. The van der Waals surface area contributed by atoms with Crippen molar-refractivity contribution in [3.8, 4) is 5.75 Å². The molecule has 0 saturated carbocycles. The molecule has 0 aromatic heterocycles. The van der Waals surface area contributed by atoms with E-state index in [1.807, 2.05) is 38.1 Å². The van der Waals surface area contributed by atoms with Crippen LogP contribution in [-0.2, 0) is 0 Å². The van der Waals surface area contributed by atoms with Gasteiger partial charge in [0.2, 0.25) is 0 Å². The lowest BCUT2D eigenvalue weighted by atomic mass is 10.2. The van der Waals surface area contributed by atoms with Gasteiger partial charge in [-0.3, -0.25) is 10.1 Å². The van der Waals surface area contributed by atoms with Gasteiger partial charge < -0.3 is 10.1 Å². The first kappa shape index (κ1) is 14.8. The van der Waals surface area contributed by atoms with Crippen molar-refractivity contribution in [2.75, 3.05) is 11.9 Å². The predicted molar refractivity (Wildman–Crippen MR) is 82.9 cm³/mol. The molecule has 5 nitrogen and oxygen atoms in total. The lowest BCUT2D eigenvalue weighted by Crippen LogP contribution is -2.23. The number of rotatable bonds is 6. The number of nitrogens with zero attached hydrogens (tertiary/aromatic N) is 1. The van der Waals surface area contributed by atoms with E-state index in [9.17, 15) is 10.1 Å². The normalized spacial score (nSPS) is 11.7. The van der Waals surface area contributed by atoms with E-state index in [1.54, 1.807) is 12.1 Å². The van der Waals surface area contributed by atoms with E-state index in [0.717, 1.165) is 5.75 Å². The minimum absolute atomic E-state index is 0.0355. The number of hydrogen-bond acceptors (Lipinski definition) is 4. The molecule has 0 heterocycles. The van der Waals surface area contributed by atoms with Crippen molar-refractivity contribution in [3.63, 3.8) is 0 Å². The van der Waals surface area contributed by atoms with Crippen LogP contribution in [0, 0.1) is 17.0 Å². The van der Waals surface area contributed by atoms with E-state index in [2.05, 4.69) is 5.32 Å². The highest BCUT2D eigenvalue weighted by Gasteiger charge is 2.08. The molecule has 0 spiro atoms. The van der Waals surface area contributed by atoms with Gasteiger partial charge in [0.25, 0.3) is 5.69 Å². The smallest absolute Gasteiger partial charge is 0.271 e. The average molecular weight is 286 g/mol. The zero-order valence-electron chi connectivity index (χ0n) is 12.1. The Bertz CT molecular complexity index is 611. The molecule has 0 aliphatic heterocycles. The molecule has 0 bridgehead atoms. The Labute approximate surface area is 123 Å². The van der Waals surface area contributed by atoms with Gasteiger partial charge >= 0.3 is 0 Å². The van der Waals surface area contributed by atoms with Crippen LogP contribution in [0.4, 0.5) is 11.4 Å². The minimum atomic E-state index is -0.404. The Kier molecular flexibility index (Phi) is 4.77. The van der Waals surface area contributed by atoms with Crippen LogP contribution >= 0.6 is 0 Å². The first-order chi connectivity index (χ1) is 10.0. The SMILES string of the molecule is Cc1ccc(OCC(C)Nc2cccc([N+](=O)[O-])c2)cc1. The fourth-order valence-corrected chi connectivity index (χ4v) is 1.89. The molecule has 1 atom stereocenters. The van der Waals surface area contributed by atoms with Crippen molar-refractivity contribution in [2.24, 2.45) is 0 Å². The molecule has 0 aliphatic rings. The van der Waals surface area contributed by atoms with Gasteiger partial charge in [0, 0.05) is 17.8 Å². The molecule has 0 amide bonds. The summed E-state index contributed by atoms with van der Waals surface area (Å²) in [5, 5.41) is 13.9. The predicted octanol–water partition coefficient (Wildman–Crippen LogP) is 3.78. The van der Waals surface area contributed by atoms with Crippen LogP contribution in [0.2, 0.25) is 0 Å². The lowest BCUT2D eigenvalue weighted by Gasteiger charge is -2.16. The Morgan fingerprint density at radius 1 is 1.24 bits per heavy atom. The van der Waals surface area contributed by atoms with Crippen LogP contribution in [0.15, 0.2) is 48.5 Å². The summed E-state index contributed by atoms with van der Waals surface area (Å²) in [6.45, 7) is 4.47. The zero-order chi connectivity index (χ0) is 15.2. The van der Waals surface area contributed by atoms with Gasteiger partial charge in [0.15, 0.2) is 0 Å². The molecule has 21 heavy (non-hydrogen) atoms. The Morgan fingerprint density at radius 3 is 2.62 bits per heavy atom. The van der Waals surface area contributed by atoms with Crippen molar-refractivity contribution < 1.29 is 9.66 Å². The number of ether oxygens (including phenoxy) is 1. The number of aryl methyl sites for hydroxylation is 1. The van der Waals surface area contributed by atoms with Gasteiger partial charge in [0.05, 0.1) is 11.0 Å². The Morgan fingerprint density at radius 2 is 1.95 bits per heavy atom. The van der Waals surface area contributed by atoms with E-state index < -0.39 is 4.92 Å². The minimum Gasteiger partial charge on any atom is -0.491 e. The number of non-ortho nitro benzene ring substituents is 1. The van der Waals surface area contributed by atoms with Gasteiger partial charge in [-0.1, -0.05) is 23.8 Å². The van der Waals surface area contributed by atoms with Crippen LogP contribution in [0.25, 0.3) is 0 Å². The van der Waals surface area contributed by atoms with E-state index in [4.69, 9.17) is 4.74 Å². The van der Waals surface area contributed by atoms with Gasteiger partial charge in [-0.15, -0.1) is 0 Å². The third kappa shape index (κ3) is 4.49. The van der Waals surface area contributed by atoms with Crippen LogP contribution < -0.4 is 10.1 Å². The zero-order valence-corrected chi connectivity index (χ0v) is 12.1. The molecule has 0 aliphatic carbocycles. The standard InChI is InChI=1S/C16H18N2O3/c1-12-6-8-16(9-7-12)21-11-13(2)17-14-4-3-5-15(10-14)18(19)20/h3-10,13,17H,11H2,1-2H3. The first-order valence-corrected chi connectivity index (χ1v) is 6.75. The van der Waals surface area contributed by atoms with E-state index in [1.165, 1.54) is 17.7 Å². The summed E-state index contributed by atoms with van der Waals surface area (Å²) in [5.41, 5.74) is 1.97. The number of benzene rings is 2. The number of nitrogens with one attached hydrogen (secondary N) is 1. The molecule has 2 rings (SSSR count). The number of anilines is 1. The summed E-state index contributed by atoms with van der Waals surface area (Å²) in [6, 6.07) is 14.3. The van der Waals surface area contributed by atoms with Crippen molar-refractivity contribution >= 4 is 11.4 Å². The monoisotopic (exact) mass is 286 g/mol. The molecule has 0 fully saturated rings. The topological polar surface area (TPSA) is 64.4 Å². The van der Waals surface area contributed by atoms with Crippen molar-refractivity contribution in [3.05, 3.63) is 64.2 Å². The summed E-state index contributed by atoms with van der Waals surface area (Å²) >= 11 is 0. The van der Waals surface area contributed by atoms with Crippen LogP contribution in [-0.4, -0.2) is 17.6 Å². The molecule has 2 aromatic rings. The third-order valence-electron chi connectivity index (χ3n) is 2.99. The Balaban J connectivity index is 1.89. The maximum atomic E-state index is 10.7. The molecule has 1 unspecified atom stereocenters. The first-order valence-electron chi connectivity index (χ1n) is 6.75. The van der Waals surface area contributed by atoms with Gasteiger partial charge in [-0.2, -0.15) is 0 Å². The van der Waals surface area contributed by atoms with Gasteiger partial charge in [0.1, 0.15) is 12.4 Å². The summed E-state index contributed by atoms with van der Waals surface area (Å²) in [4.78, 5) is 10.3. The highest BCUT2D eigenvalue weighted by Crippen LogP contribution is 2.18. The highest BCUT2D eigenvalue weighted by molar-refractivity contribution is 5.51. The number of nitro groups is 1. The number of hydrogen-bond donors (Lipinski definition) is 1. The number of nitro benzene ring substituents is 1. The second kappa shape index (κ2) is 6.74. The maximum absolute atomic E-state index is 10.7. The van der Waals surface area contributed by atoms with Crippen molar-refractivity contribution in [1.82, 2.24) is 0 Å². The van der Waals surface area contributed by atoms with Crippen LogP contribution in [0.5, 0.6) is 5.75 Å². The molecule has 0 saturated heterocycles. The van der Waals surface area contributed by atoms with Crippen molar-refractivity contribution in [2.45, 2.75) is 19.9 Å². The molecule has 0 radical (unpaired) electrons. The van der Waals surface area contributed by atoms with Crippen LogP contribution in [0.3, 0.4) is 0 Å². The molecule has 5 heteroatoms. The summed E-state index contributed by atoms with van der Waals surface area (Å²) in [7, 11) is 0. The second-order valence-electron chi connectivity index (χ2n) is 4.98. The Hall–Kier alpha value is -2.56. The van der Waals surface area contributed by atoms with Crippen molar-refractivity contribution in [1.29, 1.82) is 0 Å². The van der Waals surface area contributed by atoms with E-state index in [0.29, 0.717) is 12.3 Å².